The van der Waals surface area contributed by atoms with Crippen molar-refractivity contribution in [3.63, 3.8) is 0 Å². The summed E-state index contributed by atoms with van der Waals surface area (Å²) < 4.78 is 4.98. The van der Waals surface area contributed by atoms with Gasteiger partial charge in [0.25, 0.3) is 0 Å². The molecule has 7 heteroatoms. The van der Waals surface area contributed by atoms with Crippen molar-refractivity contribution in [1.29, 1.82) is 0 Å². The Bertz CT molecular complexity index is 300. The summed E-state index contributed by atoms with van der Waals surface area (Å²) in [6, 6.07) is -0.807. The van der Waals surface area contributed by atoms with E-state index in [2.05, 4.69) is 4.99 Å². The smallest absolute Gasteiger partial charge is 0.302 e. The van der Waals surface area contributed by atoms with Gasteiger partial charge in [0, 0.05) is 13.5 Å². The van der Waals surface area contributed by atoms with E-state index in [1.165, 1.54) is 13.8 Å². The molecule has 98 valence electrons. The highest BCUT2D eigenvalue weighted by Crippen LogP contribution is 2.08. The molecular formula is C10H20N4O3. The number of hydrogen-bond donors (Lipinski definition) is 3. The molecule has 0 fully saturated rings. The normalized spacial score (nSPS) is 13.6. The van der Waals surface area contributed by atoms with E-state index in [9.17, 15) is 9.59 Å². The largest absolute Gasteiger partial charge is 0.460 e. The Morgan fingerprint density at radius 3 is 2.29 bits per heavy atom. The molecule has 0 aromatic carbocycles. The van der Waals surface area contributed by atoms with Gasteiger partial charge in [-0.05, 0) is 19.8 Å². The van der Waals surface area contributed by atoms with Crippen molar-refractivity contribution in [2.45, 2.75) is 38.8 Å². The summed E-state index contributed by atoms with van der Waals surface area (Å²) in [6.07, 6.45) is 0.396. The monoisotopic (exact) mass is 244 g/mol. The van der Waals surface area contributed by atoms with Crippen LogP contribution < -0.4 is 17.2 Å². The zero-order valence-electron chi connectivity index (χ0n) is 10.2. The maximum atomic E-state index is 11.1. The summed E-state index contributed by atoms with van der Waals surface area (Å²) in [7, 11) is 0. The zero-order chi connectivity index (χ0) is 13.4. The van der Waals surface area contributed by atoms with E-state index in [-0.39, 0.29) is 11.7 Å². The van der Waals surface area contributed by atoms with Gasteiger partial charge in [0.15, 0.2) is 5.96 Å². The Hall–Kier alpha value is -1.63. The molecule has 0 rings (SSSR count). The predicted octanol–water partition coefficient (Wildman–Crippen LogP) is -1.11. The fourth-order valence-electron chi connectivity index (χ4n) is 1.29. The van der Waals surface area contributed by atoms with Crippen molar-refractivity contribution in [2.75, 3.05) is 6.54 Å². The van der Waals surface area contributed by atoms with E-state index in [0.717, 1.165) is 0 Å². The number of esters is 1. The molecule has 0 aliphatic heterocycles. The predicted molar refractivity (Wildman–Crippen MR) is 64.1 cm³/mol. The van der Waals surface area contributed by atoms with Gasteiger partial charge in [-0.25, -0.2) is 0 Å². The van der Waals surface area contributed by atoms with Gasteiger partial charge in [-0.15, -0.1) is 0 Å². The van der Waals surface area contributed by atoms with Crippen LogP contribution in [0, 0.1) is 0 Å². The van der Waals surface area contributed by atoms with Crippen molar-refractivity contribution in [1.82, 2.24) is 0 Å². The van der Waals surface area contributed by atoms with Crippen LogP contribution in [0.5, 0.6) is 0 Å². The standard InChI is InChI=1S/C10H20N4O3/c1-6(15)9(11)8(17-7(2)16)4-3-5-14-10(12)13/h8-9H,3-5,11H2,1-2H3,(H4,12,13,14). The summed E-state index contributed by atoms with van der Waals surface area (Å²) in [5.74, 6) is -0.684. The van der Waals surface area contributed by atoms with Gasteiger partial charge in [-0.3, -0.25) is 14.6 Å². The van der Waals surface area contributed by atoms with Gasteiger partial charge in [0.1, 0.15) is 17.9 Å². The van der Waals surface area contributed by atoms with Gasteiger partial charge in [0.05, 0.1) is 0 Å². The molecule has 0 aromatic heterocycles. The lowest BCUT2D eigenvalue weighted by Crippen LogP contribution is -2.43. The Kier molecular flexibility index (Phi) is 6.88. The second-order valence-corrected chi connectivity index (χ2v) is 3.73. The highest BCUT2D eigenvalue weighted by molar-refractivity contribution is 5.82. The SMILES string of the molecule is CC(=O)OC(CCCN=C(N)N)C(N)C(C)=O. The van der Waals surface area contributed by atoms with Crippen LogP contribution in [0.1, 0.15) is 26.7 Å². The van der Waals surface area contributed by atoms with Crippen LogP contribution >= 0.6 is 0 Å². The number of rotatable bonds is 7. The maximum absolute atomic E-state index is 11.1. The number of hydrogen-bond acceptors (Lipinski definition) is 5. The lowest BCUT2D eigenvalue weighted by Gasteiger charge is -2.21. The average Bonchev–Trinajstić information content (AvgIpc) is 2.20. The van der Waals surface area contributed by atoms with Crippen LogP contribution in [0.3, 0.4) is 0 Å². The molecule has 0 saturated carbocycles. The summed E-state index contributed by atoms with van der Waals surface area (Å²) in [5, 5.41) is 0. The van der Waals surface area contributed by atoms with Crippen LogP contribution in [0.4, 0.5) is 0 Å². The van der Waals surface area contributed by atoms with E-state index in [4.69, 9.17) is 21.9 Å². The highest BCUT2D eigenvalue weighted by atomic mass is 16.5. The summed E-state index contributed by atoms with van der Waals surface area (Å²) in [6.45, 7) is 3.04. The number of ether oxygens (including phenoxy) is 1. The Labute approximate surface area is 100 Å². The first-order valence-electron chi connectivity index (χ1n) is 5.33. The van der Waals surface area contributed by atoms with Gasteiger partial charge in [-0.2, -0.15) is 0 Å². The Balaban J connectivity index is 4.24. The minimum Gasteiger partial charge on any atom is -0.460 e. The van der Waals surface area contributed by atoms with Crippen LogP contribution in [-0.4, -0.2) is 36.4 Å². The summed E-state index contributed by atoms with van der Waals surface area (Å²) >= 11 is 0. The zero-order valence-corrected chi connectivity index (χ0v) is 10.2. The Morgan fingerprint density at radius 1 is 1.29 bits per heavy atom. The van der Waals surface area contributed by atoms with Crippen LogP contribution in [0.2, 0.25) is 0 Å². The fourth-order valence-corrected chi connectivity index (χ4v) is 1.29. The first kappa shape index (κ1) is 15.4. The average molecular weight is 244 g/mol. The second kappa shape index (κ2) is 7.61. The third-order valence-corrected chi connectivity index (χ3v) is 2.13. The number of carbonyl (C=O) groups is 2. The molecule has 17 heavy (non-hydrogen) atoms. The number of nitrogens with zero attached hydrogens (tertiary/aromatic N) is 1. The molecule has 0 aliphatic carbocycles. The minimum absolute atomic E-state index is 0.00454. The van der Waals surface area contributed by atoms with Gasteiger partial charge >= 0.3 is 5.97 Å². The fraction of sp³-hybridized carbons (Fsp3) is 0.700. The molecule has 2 unspecified atom stereocenters. The molecule has 0 bridgehead atoms. The molecule has 7 nitrogen and oxygen atoms in total. The van der Waals surface area contributed by atoms with E-state index in [1.54, 1.807) is 0 Å². The summed E-state index contributed by atoms with van der Waals surface area (Å²) in [4.78, 5) is 25.8. The molecule has 0 aromatic rings. The van der Waals surface area contributed by atoms with Crippen molar-refractivity contribution in [3.05, 3.63) is 0 Å². The molecule has 0 aliphatic rings. The molecule has 2 atom stereocenters. The van der Waals surface area contributed by atoms with E-state index in [0.29, 0.717) is 19.4 Å². The number of nitrogens with two attached hydrogens (primary N) is 3. The molecule has 0 amide bonds. The highest BCUT2D eigenvalue weighted by Gasteiger charge is 2.23. The topological polar surface area (TPSA) is 134 Å². The van der Waals surface area contributed by atoms with Crippen LogP contribution in [-0.2, 0) is 14.3 Å². The van der Waals surface area contributed by atoms with Crippen molar-refractivity contribution in [3.8, 4) is 0 Å². The van der Waals surface area contributed by atoms with Gasteiger partial charge in [0.2, 0.25) is 0 Å². The summed E-state index contributed by atoms with van der Waals surface area (Å²) in [5.41, 5.74) is 16.0. The van der Waals surface area contributed by atoms with Crippen molar-refractivity contribution in [2.24, 2.45) is 22.2 Å². The lowest BCUT2D eigenvalue weighted by atomic mass is 10.0. The van der Waals surface area contributed by atoms with Crippen LogP contribution in [0.15, 0.2) is 4.99 Å². The van der Waals surface area contributed by atoms with E-state index >= 15 is 0 Å². The second-order valence-electron chi connectivity index (χ2n) is 3.73. The molecule has 0 heterocycles. The third-order valence-electron chi connectivity index (χ3n) is 2.13. The quantitative estimate of drug-likeness (QED) is 0.225. The first-order chi connectivity index (χ1) is 7.84. The molecular weight excluding hydrogens is 224 g/mol. The number of ketones is 1. The first-order valence-corrected chi connectivity index (χ1v) is 5.33. The van der Waals surface area contributed by atoms with E-state index in [1.807, 2.05) is 0 Å². The number of aliphatic imine (C=N–C) groups is 1. The molecule has 0 saturated heterocycles. The molecule has 6 N–H and O–H groups in total. The Morgan fingerprint density at radius 2 is 1.88 bits per heavy atom. The maximum Gasteiger partial charge on any atom is 0.302 e. The lowest BCUT2D eigenvalue weighted by molar-refractivity contribution is -0.148. The van der Waals surface area contributed by atoms with Crippen molar-refractivity contribution < 1.29 is 14.3 Å². The number of carbonyl (C=O) groups excluding carboxylic acids is 2. The van der Waals surface area contributed by atoms with Crippen molar-refractivity contribution >= 4 is 17.7 Å². The third kappa shape index (κ3) is 7.29. The minimum atomic E-state index is -0.807. The number of guanidine groups is 1. The number of Topliss-reactive ketones (excluding diaryl/α,β-unsaturated/α-hetero) is 1. The molecule has 0 radical (unpaired) electrons. The van der Waals surface area contributed by atoms with Gasteiger partial charge in [-0.1, -0.05) is 0 Å². The van der Waals surface area contributed by atoms with Crippen LogP contribution in [0.25, 0.3) is 0 Å². The van der Waals surface area contributed by atoms with Gasteiger partial charge < -0.3 is 21.9 Å². The molecule has 0 spiro atoms. The van der Waals surface area contributed by atoms with E-state index < -0.39 is 18.1 Å².